The molecule has 0 saturated carbocycles. The summed E-state index contributed by atoms with van der Waals surface area (Å²) in [7, 11) is -3.80. The molecule has 2 rings (SSSR count). The predicted molar refractivity (Wildman–Crippen MR) is 58.1 cm³/mol. The average Bonchev–Trinajstić information content (AvgIpc) is 2.69. The fourth-order valence-electron chi connectivity index (χ4n) is 1.25. The lowest BCUT2D eigenvalue weighted by Gasteiger charge is -2.09. The Labute approximate surface area is 92.1 Å². The maximum atomic E-state index is 10.9. The van der Waals surface area contributed by atoms with Gasteiger partial charge in [-0.1, -0.05) is 17.3 Å². The smallest absolute Gasteiger partial charge is 0.269 e. The third-order valence-electron chi connectivity index (χ3n) is 1.83. The lowest BCUT2D eigenvalue weighted by atomic mass is 10.3. The van der Waals surface area contributed by atoms with Crippen LogP contribution in [0.3, 0.4) is 0 Å². The molecule has 0 saturated heterocycles. The van der Waals surface area contributed by atoms with Crippen LogP contribution in [0, 0.1) is 0 Å². The number of hydrogen-bond acceptors (Lipinski definition) is 4. The van der Waals surface area contributed by atoms with Crippen molar-refractivity contribution in [2.75, 3.05) is 4.72 Å². The number of nitrogens with two attached hydrogens (primary N) is 1. The molecule has 0 bridgehead atoms. The molecular formula is C8H9N5O2S. The van der Waals surface area contributed by atoms with Gasteiger partial charge in [0.15, 0.2) is 0 Å². The van der Waals surface area contributed by atoms with Crippen molar-refractivity contribution in [2.45, 2.75) is 0 Å². The number of hydrogen-bond donors (Lipinski definition) is 2. The van der Waals surface area contributed by atoms with E-state index in [9.17, 15) is 8.42 Å². The van der Waals surface area contributed by atoms with Gasteiger partial charge in [-0.05, 0) is 12.1 Å². The Morgan fingerprint density at radius 2 is 2.06 bits per heavy atom. The Balaban J connectivity index is 2.47. The van der Waals surface area contributed by atoms with E-state index in [-0.39, 0.29) is 0 Å². The van der Waals surface area contributed by atoms with E-state index in [4.69, 9.17) is 5.14 Å². The van der Waals surface area contributed by atoms with Gasteiger partial charge in [-0.15, -0.1) is 5.10 Å². The van der Waals surface area contributed by atoms with Crippen LogP contribution in [-0.2, 0) is 10.2 Å². The summed E-state index contributed by atoms with van der Waals surface area (Å²) in [5, 5.41) is 12.3. The van der Waals surface area contributed by atoms with Crippen LogP contribution in [0.2, 0.25) is 0 Å². The summed E-state index contributed by atoms with van der Waals surface area (Å²) >= 11 is 0. The van der Waals surface area contributed by atoms with E-state index < -0.39 is 10.2 Å². The molecule has 0 spiro atoms. The number of nitrogens with zero attached hydrogens (tertiary/aromatic N) is 3. The molecule has 1 aromatic carbocycles. The summed E-state index contributed by atoms with van der Waals surface area (Å²) in [4.78, 5) is 0. The van der Waals surface area contributed by atoms with E-state index >= 15 is 0 Å². The first kappa shape index (κ1) is 10.6. The summed E-state index contributed by atoms with van der Waals surface area (Å²) in [6.07, 6.45) is 3.09. The minimum atomic E-state index is -3.80. The van der Waals surface area contributed by atoms with Gasteiger partial charge in [-0.2, -0.15) is 8.42 Å². The third-order valence-corrected chi connectivity index (χ3v) is 2.33. The highest BCUT2D eigenvalue weighted by molar-refractivity contribution is 7.90. The van der Waals surface area contributed by atoms with E-state index in [0.29, 0.717) is 11.4 Å². The maximum Gasteiger partial charge on any atom is 0.296 e. The van der Waals surface area contributed by atoms with Crippen LogP contribution in [-0.4, -0.2) is 23.4 Å². The molecule has 16 heavy (non-hydrogen) atoms. The standard InChI is InChI=1S/C8H9N5O2S/c9-16(14,15)11-7-3-1-2-4-8(7)13-6-5-10-12-13/h1-6,11H,(H2,9,14,15). The highest BCUT2D eigenvalue weighted by atomic mass is 32.2. The Kier molecular flexibility index (Phi) is 2.59. The predicted octanol–water partition coefficient (Wildman–Crippen LogP) is -0.117. The lowest BCUT2D eigenvalue weighted by Crippen LogP contribution is -2.22. The van der Waals surface area contributed by atoms with Crippen LogP contribution in [0.5, 0.6) is 0 Å². The van der Waals surface area contributed by atoms with Crippen LogP contribution in [0.15, 0.2) is 36.7 Å². The summed E-state index contributed by atoms with van der Waals surface area (Å²) in [6.45, 7) is 0. The van der Waals surface area contributed by atoms with Crippen molar-refractivity contribution in [3.8, 4) is 5.69 Å². The largest absolute Gasteiger partial charge is 0.296 e. The molecule has 84 valence electrons. The highest BCUT2D eigenvalue weighted by Gasteiger charge is 2.08. The van der Waals surface area contributed by atoms with Crippen molar-refractivity contribution < 1.29 is 8.42 Å². The van der Waals surface area contributed by atoms with Crippen molar-refractivity contribution in [1.82, 2.24) is 15.0 Å². The molecule has 0 atom stereocenters. The van der Waals surface area contributed by atoms with E-state index in [2.05, 4.69) is 15.0 Å². The molecule has 0 aliphatic rings. The normalized spacial score (nSPS) is 11.3. The first-order chi connectivity index (χ1) is 7.56. The van der Waals surface area contributed by atoms with Crippen LogP contribution in [0.1, 0.15) is 0 Å². The summed E-state index contributed by atoms with van der Waals surface area (Å²) in [5.41, 5.74) is 0.893. The fourth-order valence-corrected chi connectivity index (χ4v) is 1.73. The second-order valence-corrected chi connectivity index (χ2v) is 4.31. The second kappa shape index (κ2) is 3.91. The maximum absolute atomic E-state index is 10.9. The van der Waals surface area contributed by atoms with Gasteiger partial charge in [0.1, 0.15) is 0 Å². The molecule has 0 fully saturated rings. The van der Waals surface area contributed by atoms with E-state index in [1.54, 1.807) is 30.5 Å². The number of para-hydroxylation sites is 2. The van der Waals surface area contributed by atoms with Gasteiger partial charge in [0.25, 0.3) is 10.2 Å². The number of nitrogens with one attached hydrogen (secondary N) is 1. The van der Waals surface area contributed by atoms with E-state index in [1.807, 2.05) is 0 Å². The molecule has 2 aromatic rings. The average molecular weight is 239 g/mol. The van der Waals surface area contributed by atoms with Gasteiger partial charge in [0, 0.05) is 0 Å². The first-order valence-electron chi connectivity index (χ1n) is 4.32. The van der Waals surface area contributed by atoms with Crippen LogP contribution in [0.4, 0.5) is 5.69 Å². The van der Waals surface area contributed by atoms with E-state index in [1.165, 1.54) is 10.9 Å². The van der Waals surface area contributed by atoms with Crippen molar-refractivity contribution in [3.63, 3.8) is 0 Å². The molecule has 0 amide bonds. The zero-order valence-electron chi connectivity index (χ0n) is 8.11. The second-order valence-electron chi connectivity index (χ2n) is 3.01. The SMILES string of the molecule is NS(=O)(=O)Nc1ccccc1-n1ccnn1. The third kappa shape index (κ3) is 2.35. The number of aromatic nitrogens is 3. The van der Waals surface area contributed by atoms with Gasteiger partial charge in [-0.25, -0.2) is 9.82 Å². The van der Waals surface area contributed by atoms with Gasteiger partial charge in [-0.3, -0.25) is 4.72 Å². The quantitative estimate of drug-likeness (QED) is 0.779. The van der Waals surface area contributed by atoms with Gasteiger partial charge in [0.2, 0.25) is 0 Å². The van der Waals surface area contributed by atoms with Crippen molar-refractivity contribution in [2.24, 2.45) is 5.14 Å². The van der Waals surface area contributed by atoms with Gasteiger partial charge >= 0.3 is 0 Å². The minimum absolute atomic E-state index is 0.343. The number of rotatable bonds is 3. The highest BCUT2D eigenvalue weighted by Crippen LogP contribution is 2.18. The van der Waals surface area contributed by atoms with E-state index in [0.717, 1.165) is 0 Å². The molecular weight excluding hydrogens is 230 g/mol. The molecule has 1 aromatic heterocycles. The zero-order chi connectivity index (χ0) is 11.6. The molecule has 0 unspecified atom stereocenters. The molecule has 0 aliphatic heterocycles. The minimum Gasteiger partial charge on any atom is -0.269 e. The Morgan fingerprint density at radius 1 is 1.31 bits per heavy atom. The summed E-state index contributed by atoms with van der Waals surface area (Å²) in [6, 6.07) is 6.73. The molecule has 3 N–H and O–H groups in total. The molecule has 0 aliphatic carbocycles. The lowest BCUT2D eigenvalue weighted by molar-refractivity contribution is 0.603. The Morgan fingerprint density at radius 3 is 2.69 bits per heavy atom. The van der Waals surface area contributed by atoms with Crippen molar-refractivity contribution >= 4 is 15.9 Å². The topological polar surface area (TPSA) is 103 Å². The van der Waals surface area contributed by atoms with Crippen LogP contribution in [0.25, 0.3) is 5.69 Å². The van der Waals surface area contributed by atoms with Crippen molar-refractivity contribution in [3.05, 3.63) is 36.7 Å². The first-order valence-corrected chi connectivity index (χ1v) is 5.87. The number of benzene rings is 1. The van der Waals surface area contributed by atoms with Crippen LogP contribution < -0.4 is 9.86 Å². The summed E-state index contributed by atoms with van der Waals surface area (Å²) < 4.78 is 25.5. The Bertz CT molecular complexity index is 578. The Hall–Kier alpha value is -1.93. The van der Waals surface area contributed by atoms with Gasteiger partial charge < -0.3 is 0 Å². The monoisotopic (exact) mass is 239 g/mol. The fraction of sp³-hybridized carbons (Fsp3) is 0. The zero-order valence-corrected chi connectivity index (χ0v) is 8.92. The van der Waals surface area contributed by atoms with Crippen molar-refractivity contribution in [1.29, 1.82) is 0 Å². The molecule has 7 nitrogen and oxygen atoms in total. The molecule has 0 radical (unpaired) electrons. The summed E-state index contributed by atoms with van der Waals surface area (Å²) in [5.74, 6) is 0. The number of anilines is 1. The van der Waals surface area contributed by atoms with Gasteiger partial charge in [0.05, 0.1) is 23.8 Å². The van der Waals surface area contributed by atoms with Crippen LogP contribution >= 0.6 is 0 Å². The molecule has 8 heteroatoms. The molecule has 1 heterocycles.